The topological polar surface area (TPSA) is 146 Å². The molecule has 0 aliphatic carbocycles. The zero-order valence-corrected chi connectivity index (χ0v) is 16.6. The number of nitrogens with one attached hydrogen (secondary N) is 1. The smallest absolute Gasteiger partial charge is 0.417 e. The van der Waals surface area contributed by atoms with E-state index in [2.05, 4.69) is 23.9 Å². The van der Waals surface area contributed by atoms with Gasteiger partial charge in [0.2, 0.25) is 0 Å². The number of aliphatic hydroxyl groups excluding tert-OH is 2. The van der Waals surface area contributed by atoms with Gasteiger partial charge in [0.15, 0.2) is 0 Å². The fraction of sp³-hybridized carbons (Fsp3) is 0.333. The van der Waals surface area contributed by atoms with Crippen molar-refractivity contribution < 1.29 is 39.5 Å². The number of carbonyl (C=O) groups is 2. The van der Waals surface area contributed by atoms with Gasteiger partial charge in [0.1, 0.15) is 37.2 Å². The molecule has 0 saturated carbocycles. The summed E-state index contributed by atoms with van der Waals surface area (Å²) in [7, 11) is 0. The van der Waals surface area contributed by atoms with Gasteiger partial charge in [0.25, 0.3) is 0 Å². The van der Waals surface area contributed by atoms with Crippen molar-refractivity contribution in [1.82, 2.24) is 5.32 Å². The third kappa shape index (κ3) is 6.45. The van der Waals surface area contributed by atoms with Crippen LogP contribution in [0.5, 0.6) is 11.5 Å². The Kier molecular flexibility index (Phi) is 7.76. The van der Waals surface area contributed by atoms with Crippen LogP contribution in [0.1, 0.15) is 25.0 Å². The molecule has 0 spiro atoms. The minimum Gasteiger partial charge on any atom is -0.508 e. The van der Waals surface area contributed by atoms with E-state index in [0.717, 1.165) is 11.1 Å². The molecule has 0 amide bonds. The SMILES string of the molecule is CC(C)(c1ccc(O)cc1)c1ccc(OCC(O)NC(O)COC(=O)C(=O)O)cc1. The minimum atomic E-state index is -1.77. The van der Waals surface area contributed by atoms with Crippen molar-refractivity contribution in [3.8, 4) is 11.5 Å². The Morgan fingerprint density at radius 3 is 1.97 bits per heavy atom. The Labute approximate surface area is 173 Å². The highest BCUT2D eigenvalue weighted by Gasteiger charge is 2.23. The Morgan fingerprint density at radius 2 is 1.43 bits per heavy atom. The van der Waals surface area contributed by atoms with E-state index in [9.17, 15) is 24.9 Å². The van der Waals surface area contributed by atoms with Crippen LogP contribution in [0.15, 0.2) is 48.5 Å². The average Bonchev–Trinajstić information content (AvgIpc) is 2.71. The molecule has 0 radical (unpaired) electrons. The van der Waals surface area contributed by atoms with Crippen LogP contribution in [0, 0.1) is 0 Å². The Hall–Kier alpha value is -3.14. The number of esters is 1. The van der Waals surface area contributed by atoms with Gasteiger partial charge >= 0.3 is 11.9 Å². The highest BCUT2D eigenvalue weighted by atomic mass is 16.6. The molecular formula is C21H25NO8. The fourth-order valence-electron chi connectivity index (χ4n) is 2.72. The molecule has 162 valence electrons. The predicted octanol–water partition coefficient (Wildman–Crippen LogP) is 0.951. The molecule has 0 aliphatic rings. The number of carbonyl (C=O) groups excluding carboxylic acids is 1. The average molecular weight is 419 g/mol. The third-order valence-corrected chi connectivity index (χ3v) is 4.50. The number of hydrogen-bond donors (Lipinski definition) is 5. The number of aromatic hydroxyl groups is 1. The van der Waals surface area contributed by atoms with E-state index in [4.69, 9.17) is 9.84 Å². The number of carboxylic acids is 1. The molecule has 2 rings (SSSR count). The lowest BCUT2D eigenvalue weighted by Crippen LogP contribution is -2.44. The van der Waals surface area contributed by atoms with Crippen LogP contribution in [0.3, 0.4) is 0 Å². The van der Waals surface area contributed by atoms with E-state index in [1.165, 1.54) is 0 Å². The standard InChI is InChI=1S/C21H25NO8/c1-21(2,13-3-7-15(23)8-4-13)14-5-9-16(10-6-14)29-11-17(24)22-18(25)12-30-20(28)19(26)27/h3-10,17-18,22-25H,11-12H2,1-2H3,(H,26,27). The summed E-state index contributed by atoms with van der Waals surface area (Å²) in [6.07, 6.45) is -2.74. The van der Waals surface area contributed by atoms with Gasteiger partial charge in [-0.15, -0.1) is 0 Å². The molecule has 5 N–H and O–H groups in total. The molecular weight excluding hydrogens is 394 g/mol. The zero-order chi connectivity index (χ0) is 22.3. The second-order valence-electron chi connectivity index (χ2n) is 7.11. The van der Waals surface area contributed by atoms with Crippen molar-refractivity contribution in [3.63, 3.8) is 0 Å². The Morgan fingerprint density at radius 1 is 0.933 bits per heavy atom. The van der Waals surface area contributed by atoms with Gasteiger partial charge in [-0.3, -0.25) is 5.32 Å². The van der Waals surface area contributed by atoms with Gasteiger partial charge < -0.3 is 29.9 Å². The van der Waals surface area contributed by atoms with E-state index in [1.54, 1.807) is 24.3 Å². The highest BCUT2D eigenvalue weighted by molar-refractivity contribution is 6.28. The normalized spacial score (nSPS) is 13.3. The Balaban J connectivity index is 1.86. The number of ether oxygens (including phenoxy) is 2. The van der Waals surface area contributed by atoms with Crippen LogP contribution in [0.4, 0.5) is 0 Å². The molecule has 2 unspecified atom stereocenters. The van der Waals surface area contributed by atoms with Gasteiger partial charge in [-0.25, -0.2) is 9.59 Å². The van der Waals surface area contributed by atoms with Crippen molar-refractivity contribution in [2.24, 2.45) is 0 Å². The minimum absolute atomic E-state index is 0.204. The van der Waals surface area contributed by atoms with Gasteiger partial charge in [0, 0.05) is 5.41 Å². The molecule has 0 heterocycles. The molecule has 9 heteroatoms. The van der Waals surface area contributed by atoms with E-state index in [-0.39, 0.29) is 17.8 Å². The summed E-state index contributed by atoms with van der Waals surface area (Å²) in [5.41, 5.74) is 1.76. The number of rotatable bonds is 9. The first-order valence-electron chi connectivity index (χ1n) is 9.14. The molecule has 2 aromatic carbocycles. The molecule has 9 nitrogen and oxygen atoms in total. The number of phenols is 1. The summed E-state index contributed by atoms with van der Waals surface area (Å²) in [4.78, 5) is 21.1. The molecule has 0 fully saturated rings. The number of aliphatic hydroxyl groups is 2. The van der Waals surface area contributed by atoms with E-state index >= 15 is 0 Å². The lowest BCUT2D eigenvalue weighted by Gasteiger charge is -2.26. The number of aliphatic carboxylic acids is 1. The van der Waals surface area contributed by atoms with Gasteiger partial charge in [0.05, 0.1) is 0 Å². The quantitative estimate of drug-likeness (QED) is 0.228. The van der Waals surface area contributed by atoms with Crippen LogP contribution in [-0.2, 0) is 19.7 Å². The predicted molar refractivity (Wildman–Crippen MR) is 106 cm³/mol. The maximum atomic E-state index is 10.8. The van der Waals surface area contributed by atoms with E-state index < -0.39 is 31.0 Å². The van der Waals surface area contributed by atoms with Gasteiger partial charge in [-0.05, 0) is 35.4 Å². The van der Waals surface area contributed by atoms with E-state index in [1.807, 2.05) is 24.3 Å². The summed E-state index contributed by atoms with van der Waals surface area (Å²) in [6, 6.07) is 14.3. The fourth-order valence-corrected chi connectivity index (χ4v) is 2.72. The van der Waals surface area contributed by atoms with Crippen LogP contribution in [0.2, 0.25) is 0 Å². The van der Waals surface area contributed by atoms with Gasteiger partial charge in [-0.1, -0.05) is 38.1 Å². The molecule has 0 aromatic heterocycles. The maximum Gasteiger partial charge on any atom is 0.417 e. The molecule has 0 aliphatic heterocycles. The second-order valence-corrected chi connectivity index (χ2v) is 7.11. The van der Waals surface area contributed by atoms with Crippen LogP contribution < -0.4 is 10.1 Å². The van der Waals surface area contributed by atoms with Crippen molar-refractivity contribution in [3.05, 3.63) is 59.7 Å². The first kappa shape index (κ1) is 23.1. The summed E-state index contributed by atoms with van der Waals surface area (Å²) in [5, 5.41) is 39.6. The summed E-state index contributed by atoms with van der Waals surface area (Å²) < 4.78 is 9.76. The molecule has 2 aromatic rings. The summed E-state index contributed by atoms with van der Waals surface area (Å²) >= 11 is 0. The largest absolute Gasteiger partial charge is 0.508 e. The Bertz CT molecular complexity index is 848. The zero-order valence-electron chi connectivity index (χ0n) is 16.6. The van der Waals surface area contributed by atoms with Crippen molar-refractivity contribution in [2.45, 2.75) is 31.7 Å². The molecule has 0 saturated heterocycles. The first-order chi connectivity index (χ1) is 14.1. The maximum absolute atomic E-state index is 10.8. The van der Waals surface area contributed by atoms with Crippen LogP contribution in [-0.4, -0.2) is 58.0 Å². The summed E-state index contributed by atoms with van der Waals surface area (Å²) in [5.74, 6) is -2.58. The summed E-state index contributed by atoms with van der Waals surface area (Å²) in [6.45, 7) is 3.27. The van der Waals surface area contributed by atoms with Gasteiger partial charge in [-0.2, -0.15) is 0 Å². The lowest BCUT2D eigenvalue weighted by atomic mass is 9.78. The molecule has 30 heavy (non-hydrogen) atoms. The van der Waals surface area contributed by atoms with E-state index in [0.29, 0.717) is 5.75 Å². The number of phenolic OH excluding ortho intramolecular Hbond substituents is 1. The number of carboxylic acid groups (broad SMARTS) is 1. The highest BCUT2D eigenvalue weighted by Crippen LogP contribution is 2.33. The molecule has 2 atom stereocenters. The first-order valence-corrected chi connectivity index (χ1v) is 9.14. The second kappa shape index (κ2) is 10.1. The van der Waals surface area contributed by atoms with Crippen molar-refractivity contribution in [2.75, 3.05) is 13.2 Å². The van der Waals surface area contributed by atoms with Crippen molar-refractivity contribution in [1.29, 1.82) is 0 Å². The lowest BCUT2D eigenvalue weighted by molar-refractivity contribution is -0.166. The molecule has 0 bridgehead atoms. The number of hydrogen-bond acceptors (Lipinski definition) is 8. The third-order valence-electron chi connectivity index (χ3n) is 4.50. The number of benzene rings is 2. The monoisotopic (exact) mass is 419 g/mol. The van der Waals surface area contributed by atoms with Crippen molar-refractivity contribution >= 4 is 11.9 Å². The van der Waals surface area contributed by atoms with Crippen LogP contribution in [0.25, 0.3) is 0 Å². The van der Waals surface area contributed by atoms with Crippen LogP contribution >= 0.6 is 0 Å².